The molecule has 3 aromatic rings. The molecule has 0 saturated carbocycles. The van der Waals surface area contributed by atoms with Crippen LogP contribution in [-0.4, -0.2) is 63.4 Å². The second-order valence-corrected chi connectivity index (χ2v) is 8.65. The molecule has 0 unspecified atom stereocenters. The molecule has 0 bridgehead atoms. The molecule has 4 heterocycles. The number of hydrogen-bond acceptors (Lipinski definition) is 8. The van der Waals surface area contributed by atoms with Crippen molar-refractivity contribution >= 4 is 22.8 Å². The summed E-state index contributed by atoms with van der Waals surface area (Å²) >= 11 is 0. The second kappa shape index (κ2) is 9.68. The fourth-order valence-corrected chi connectivity index (χ4v) is 4.36. The Kier molecular flexibility index (Phi) is 6.74. The third-order valence-corrected chi connectivity index (χ3v) is 6.26. The Hall–Kier alpha value is -2.94. The molecule has 1 fully saturated rings. The monoisotopic (exact) mass is 438 g/mol. The molecule has 0 radical (unpaired) electrons. The number of nitrogens with zero attached hydrogens (tertiary/aromatic N) is 6. The molecule has 172 valence electrons. The van der Waals surface area contributed by atoms with Crippen LogP contribution in [0.5, 0.6) is 5.75 Å². The third-order valence-electron chi connectivity index (χ3n) is 6.26. The number of methoxy groups -OCH3 is 1. The highest BCUT2D eigenvalue weighted by Crippen LogP contribution is 2.31. The number of fused-ring (bicyclic) bond motifs is 1. The van der Waals surface area contributed by atoms with E-state index in [1.54, 1.807) is 7.11 Å². The summed E-state index contributed by atoms with van der Waals surface area (Å²) in [6.45, 7) is 7.62. The molecule has 1 saturated heterocycles. The van der Waals surface area contributed by atoms with Gasteiger partial charge in [-0.3, -0.25) is 9.67 Å². The molecular formula is C23H34N8O. The first-order valence-corrected chi connectivity index (χ1v) is 11.5. The van der Waals surface area contributed by atoms with E-state index in [2.05, 4.69) is 40.2 Å². The second-order valence-electron chi connectivity index (χ2n) is 8.65. The number of piperidine rings is 1. The Balaban J connectivity index is 1.65. The molecule has 0 aliphatic carbocycles. The van der Waals surface area contributed by atoms with Crippen molar-refractivity contribution in [2.24, 2.45) is 0 Å². The van der Waals surface area contributed by atoms with Crippen molar-refractivity contribution in [1.29, 1.82) is 0 Å². The minimum absolute atomic E-state index is 0.248. The number of anilines is 2. The van der Waals surface area contributed by atoms with E-state index in [9.17, 15) is 0 Å². The van der Waals surface area contributed by atoms with Crippen molar-refractivity contribution in [3.8, 4) is 5.75 Å². The zero-order chi connectivity index (χ0) is 22.7. The predicted molar refractivity (Wildman–Crippen MR) is 127 cm³/mol. The number of ether oxygens (including phenoxy) is 1. The van der Waals surface area contributed by atoms with Crippen LogP contribution in [0.4, 0.5) is 11.8 Å². The number of aromatic nitrogens is 5. The minimum Gasteiger partial charge on any atom is -0.495 e. The summed E-state index contributed by atoms with van der Waals surface area (Å²) in [5, 5.41) is 8.13. The van der Waals surface area contributed by atoms with Crippen LogP contribution in [0, 0.1) is 6.92 Å². The Bertz CT molecular complexity index is 1070. The number of pyridine rings is 1. The molecule has 9 heteroatoms. The standard InChI is InChI=1S/C23H34N8O/c1-5-6-9-25-22-21-20(27-23(24)28-22)15(2)29-31(21)14-18-19(32-4)12-17(13-26-18)16-7-10-30(3)11-8-16/h12-13,16H,5-11,14H2,1-4H3,(H3,24,25,27,28). The van der Waals surface area contributed by atoms with E-state index in [0.717, 1.165) is 73.5 Å². The van der Waals surface area contributed by atoms with Crippen molar-refractivity contribution in [1.82, 2.24) is 29.6 Å². The summed E-state index contributed by atoms with van der Waals surface area (Å²) in [5.41, 5.74) is 10.5. The van der Waals surface area contributed by atoms with Gasteiger partial charge in [-0.1, -0.05) is 13.3 Å². The summed E-state index contributed by atoms with van der Waals surface area (Å²) in [4.78, 5) is 16.1. The van der Waals surface area contributed by atoms with Gasteiger partial charge in [0.15, 0.2) is 5.82 Å². The van der Waals surface area contributed by atoms with Crippen LogP contribution in [0.1, 0.15) is 55.5 Å². The van der Waals surface area contributed by atoms with E-state index in [-0.39, 0.29) is 5.95 Å². The van der Waals surface area contributed by atoms with E-state index < -0.39 is 0 Å². The number of nitrogen functional groups attached to an aromatic ring is 1. The summed E-state index contributed by atoms with van der Waals surface area (Å²) in [6.07, 6.45) is 6.44. The zero-order valence-electron chi connectivity index (χ0n) is 19.6. The molecule has 3 aromatic heterocycles. The average Bonchev–Trinajstić information content (AvgIpc) is 3.09. The summed E-state index contributed by atoms with van der Waals surface area (Å²) < 4.78 is 7.64. The molecule has 0 atom stereocenters. The van der Waals surface area contributed by atoms with E-state index >= 15 is 0 Å². The maximum Gasteiger partial charge on any atom is 0.222 e. The van der Waals surface area contributed by atoms with Gasteiger partial charge < -0.3 is 20.7 Å². The maximum atomic E-state index is 5.97. The first-order valence-electron chi connectivity index (χ1n) is 11.5. The Morgan fingerprint density at radius 3 is 2.75 bits per heavy atom. The number of unbranched alkanes of at least 4 members (excludes halogenated alkanes) is 1. The van der Waals surface area contributed by atoms with E-state index in [1.807, 2.05) is 17.8 Å². The molecule has 32 heavy (non-hydrogen) atoms. The van der Waals surface area contributed by atoms with Crippen molar-refractivity contribution in [3.63, 3.8) is 0 Å². The number of rotatable bonds is 8. The number of hydrogen-bond donors (Lipinski definition) is 2. The molecule has 0 spiro atoms. The van der Waals surface area contributed by atoms with Gasteiger partial charge in [0.25, 0.3) is 0 Å². The largest absolute Gasteiger partial charge is 0.495 e. The first-order chi connectivity index (χ1) is 15.5. The summed E-state index contributed by atoms with van der Waals surface area (Å²) in [7, 11) is 3.88. The van der Waals surface area contributed by atoms with Crippen LogP contribution in [0.2, 0.25) is 0 Å². The van der Waals surface area contributed by atoms with Crippen LogP contribution in [0.25, 0.3) is 11.0 Å². The lowest BCUT2D eigenvalue weighted by atomic mass is 9.90. The fourth-order valence-electron chi connectivity index (χ4n) is 4.36. The van der Waals surface area contributed by atoms with Crippen LogP contribution >= 0.6 is 0 Å². The number of nitrogens with one attached hydrogen (secondary N) is 1. The van der Waals surface area contributed by atoms with Gasteiger partial charge in [-0.05, 0) is 63.9 Å². The van der Waals surface area contributed by atoms with Crippen LogP contribution in [0.15, 0.2) is 12.3 Å². The molecule has 1 aliphatic rings. The lowest BCUT2D eigenvalue weighted by Gasteiger charge is -2.29. The van der Waals surface area contributed by atoms with Gasteiger partial charge in [-0.25, -0.2) is 4.98 Å². The quantitative estimate of drug-likeness (QED) is 0.517. The topological polar surface area (TPSA) is 107 Å². The van der Waals surface area contributed by atoms with E-state index in [4.69, 9.17) is 20.6 Å². The Morgan fingerprint density at radius 2 is 2.03 bits per heavy atom. The van der Waals surface area contributed by atoms with Crippen LogP contribution in [-0.2, 0) is 6.54 Å². The normalized spacial score (nSPS) is 15.4. The predicted octanol–water partition coefficient (Wildman–Crippen LogP) is 3.19. The highest BCUT2D eigenvalue weighted by atomic mass is 16.5. The van der Waals surface area contributed by atoms with Crippen molar-refractivity contribution < 1.29 is 4.74 Å². The SMILES string of the molecule is CCCCNc1nc(N)nc2c(C)nn(Cc3ncc(C4CCN(C)CC4)cc3OC)c12. The van der Waals surface area contributed by atoms with E-state index in [0.29, 0.717) is 18.3 Å². The summed E-state index contributed by atoms with van der Waals surface area (Å²) in [6, 6.07) is 2.14. The highest BCUT2D eigenvalue weighted by molar-refractivity contribution is 5.88. The molecule has 1 aliphatic heterocycles. The molecular weight excluding hydrogens is 404 g/mol. The van der Waals surface area contributed by atoms with Gasteiger partial charge in [0.2, 0.25) is 5.95 Å². The van der Waals surface area contributed by atoms with Crippen molar-refractivity contribution in [2.75, 3.05) is 44.8 Å². The van der Waals surface area contributed by atoms with Crippen LogP contribution < -0.4 is 15.8 Å². The average molecular weight is 439 g/mol. The Labute approximate surface area is 189 Å². The molecule has 0 aromatic carbocycles. The van der Waals surface area contributed by atoms with Crippen molar-refractivity contribution in [3.05, 3.63) is 29.2 Å². The fraction of sp³-hybridized carbons (Fsp3) is 0.565. The smallest absolute Gasteiger partial charge is 0.222 e. The van der Waals surface area contributed by atoms with E-state index in [1.165, 1.54) is 5.56 Å². The number of nitrogens with two attached hydrogens (primary N) is 1. The summed E-state index contributed by atoms with van der Waals surface area (Å²) in [5.74, 6) is 2.28. The van der Waals surface area contributed by atoms with Crippen LogP contribution in [0.3, 0.4) is 0 Å². The number of likely N-dealkylation sites (tertiary alicyclic amines) is 1. The maximum absolute atomic E-state index is 5.97. The van der Waals surface area contributed by atoms with Gasteiger partial charge >= 0.3 is 0 Å². The highest BCUT2D eigenvalue weighted by Gasteiger charge is 2.21. The lowest BCUT2D eigenvalue weighted by molar-refractivity contribution is 0.255. The molecule has 3 N–H and O–H groups in total. The molecule has 0 amide bonds. The van der Waals surface area contributed by atoms with Gasteiger partial charge in [-0.2, -0.15) is 10.1 Å². The third kappa shape index (κ3) is 4.62. The van der Waals surface area contributed by atoms with Gasteiger partial charge in [0, 0.05) is 12.7 Å². The van der Waals surface area contributed by atoms with Gasteiger partial charge in [0.1, 0.15) is 22.5 Å². The molecule has 4 rings (SSSR count). The Morgan fingerprint density at radius 1 is 1.25 bits per heavy atom. The van der Waals surface area contributed by atoms with Gasteiger partial charge in [-0.15, -0.1) is 0 Å². The first kappa shape index (κ1) is 22.3. The zero-order valence-corrected chi connectivity index (χ0v) is 19.6. The van der Waals surface area contributed by atoms with Crippen molar-refractivity contribution in [2.45, 2.75) is 52.0 Å². The minimum atomic E-state index is 0.248. The number of aryl methyl sites for hydroxylation is 1. The lowest BCUT2D eigenvalue weighted by Crippen LogP contribution is -2.29. The van der Waals surface area contributed by atoms with Gasteiger partial charge in [0.05, 0.1) is 19.3 Å². The molecule has 9 nitrogen and oxygen atoms in total.